The molecular weight excluding hydrogens is 152 g/mol. The highest BCUT2D eigenvalue weighted by atomic mass is 16.5. The minimum absolute atomic E-state index is 0.0832. The van der Waals surface area contributed by atoms with E-state index >= 15 is 0 Å². The third kappa shape index (κ3) is 5.08. The molecule has 0 rings (SSSR count). The van der Waals surface area contributed by atoms with Crippen LogP contribution in [-0.2, 0) is 9.53 Å². The molecule has 0 N–H and O–H groups in total. The molecule has 0 aromatic carbocycles. The maximum Gasteiger partial charge on any atom is 0.158 e. The van der Waals surface area contributed by atoms with E-state index < -0.39 is 0 Å². The van der Waals surface area contributed by atoms with Crippen molar-refractivity contribution in [1.82, 2.24) is 0 Å². The van der Waals surface area contributed by atoms with E-state index in [1.807, 2.05) is 20.8 Å². The first kappa shape index (κ1) is 11.4. The average Bonchev–Trinajstić information content (AvgIpc) is 1.98. The molecule has 0 spiro atoms. The molecule has 0 saturated carbocycles. The summed E-state index contributed by atoms with van der Waals surface area (Å²) < 4.78 is 4.89. The van der Waals surface area contributed by atoms with Crippen LogP contribution in [0.15, 0.2) is 11.6 Å². The molecular formula is C10H18O2. The Morgan fingerprint density at radius 1 is 1.50 bits per heavy atom. The number of hydrogen-bond donors (Lipinski definition) is 0. The van der Waals surface area contributed by atoms with Gasteiger partial charge in [0.25, 0.3) is 0 Å². The van der Waals surface area contributed by atoms with Gasteiger partial charge < -0.3 is 4.74 Å². The van der Waals surface area contributed by atoms with Crippen LogP contribution in [0.5, 0.6) is 0 Å². The van der Waals surface area contributed by atoms with Crippen molar-refractivity contribution in [2.45, 2.75) is 27.2 Å². The molecule has 0 amide bonds. The topological polar surface area (TPSA) is 26.3 Å². The van der Waals surface area contributed by atoms with E-state index in [1.165, 1.54) is 0 Å². The second kappa shape index (κ2) is 5.95. The number of allylic oxidation sites excluding steroid dienone is 2. The number of ether oxygens (including phenoxy) is 1. The Hall–Kier alpha value is -0.630. The van der Waals surface area contributed by atoms with Crippen LogP contribution in [0.4, 0.5) is 0 Å². The predicted octanol–water partition coefficient (Wildman–Crippen LogP) is 2.19. The summed E-state index contributed by atoms with van der Waals surface area (Å²) in [4.78, 5) is 11.3. The summed E-state index contributed by atoms with van der Waals surface area (Å²) in [7, 11) is 1.65. The van der Waals surface area contributed by atoms with E-state index in [0.29, 0.717) is 6.61 Å². The fraction of sp³-hybridized carbons (Fsp3) is 0.700. The van der Waals surface area contributed by atoms with Crippen molar-refractivity contribution in [3.63, 3.8) is 0 Å². The molecule has 0 aromatic rings. The van der Waals surface area contributed by atoms with Crippen LogP contribution in [-0.4, -0.2) is 19.5 Å². The Morgan fingerprint density at radius 3 is 2.50 bits per heavy atom. The van der Waals surface area contributed by atoms with Crippen molar-refractivity contribution in [1.29, 1.82) is 0 Å². The van der Waals surface area contributed by atoms with Gasteiger partial charge in [0, 0.05) is 19.6 Å². The lowest BCUT2D eigenvalue weighted by molar-refractivity contribution is -0.118. The van der Waals surface area contributed by atoms with Gasteiger partial charge in [0.1, 0.15) is 0 Å². The maximum absolute atomic E-state index is 11.3. The molecule has 0 aliphatic carbocycles. The summed E-state index contributed by atoms with van der Waals surface area (Å²) in [6.45, 7) is 6.45. The fourth-order valence-electron chi connectivity index (χ4n) is 0.864. The van der Waals surface area contributed by atoms with Crippen molar-refractivity contribution in [2.75, 3.05) is 13.7 Å². The van der Waals surface area contributed by atoms with E-state index in [2.05, 4.69) is 0 Å². The van der Waals surface area contributed by atoms with Gasteiger partial charge >= 0.3 is 0 Å². The van der Waals surface area contributed by atoms with Crippen LogP contribution in [0, 0.1) is 5.92 Å². The molecule has 0 bridgehead atoms. The number of ketones is 1. The second-order valence-electron chi connectivity index (χ2n) is 3.31. The number of carbonyl (C=O) groups is 1. The van der Waals surface area contributed by atoms with E-state index in [-0.39, 0.29) is 11.7 Å². The maximum atomic E-state index is 11.3. The van der Waals surface area contributed by atoms with Crippen molar-refractivity contribution < 1.29 is 9.53 Å². The molecule has 1 atom stereocenters. The Balaban J connectivity index is 3.85. The first-order valence-corrected chi connectivity index (χ1v) is 4.25. The molecule has 0 radical (unpaired) electrons. The summed E-state index contributed by atoms with van der Waals surface area (Å²) in [5.41, 5.74) is 1.06. The monoisotopic (exact) mass is 170 g/mol. The molecule has 0 aliphatic heterocycles. The van der Waals surface area contributed by atoms with Gasteiger partial charge in [-0.1, -0.05) is 12.5 Å². The highest BCUT2D eigenvalue weighted by molar-refractivity contribution is 5.91. The largest absolute Gasteiger partial charge is 0.385 e. The van der Waals surface area contributed by atoms with E-state index in [1.54, 1.807) is 13.2 Å². The second-order valence-corrected chi connectivity index (χ2v) is 3.31. The summed E-state index contributed by atoms with van der Waals surface area (Å²) in [6.07, 6.45) is 2.50. The number of rotatable bonds is 5. The third-order valence-corrected chi connectivity index (χ3v) is 1.67. The fourth-order valence-corrected chi connectivity index (χ4v) is 0.864. The van der Waals surface area contributed by atoms with Crippen LogP contribution in [0.2, 0.25) is 0 Å². The van der Waals surface area contributed by atoms with Crippen LogP contribution >= 0.6 is 0 Å². The highest BCUT2D eigenvalue weighted by Gasteiger charge is 2.08. The van der Waals surface area contributed by atoms with Gasteiger partial charge in [-0.05, 0) is 26.3 Å². The van der Waals surface area contributed by atoms with Gasteiger partial charge in [0.05, 0.1) is 0 Å². The SMILES string of the molecule is COCCC(C)C(=O)C=C(C)C. The molecule has 2 nitrogen and oxygen atoms in total. The normalized spacial score (nSPS) is 12.3. The molecule has 0 aromatic heterocycles. The first-order chi connectivity index (χ1) is 5.57. The predicted molar refractivity (Wildman–Crippen MR) is 50.1 cm³/mol. The third-order valence-electron chi connectivity index (χ3n) is 1.67. The molecule has 12 heavy (non-hydrogen) atoms. The zero-order valence-electron chi connectivity index (χ0n) is 8.39. The van der Waals surface area contributed by atoms with E-state index in [4.69, 9.17) is 4.74 Å². The van der Waals surface area contributed by atoms with Gasteiger partial charge in [-0.15, -0.1) is 0 Å². The van der Waals surface area contributed by atoms with Gasteiger partial charge in [-0.2, -0.15) is 0 Å². The van der Waals surface area contributed by atoms with Crippen molar-refractivity contribution in [2.24, 2.45) is 5.92 Å². The quantitative estimate of drug-likeness (QED) is 0.591. The minimum atomic E-state index is 0.0832. The van der Waals surface area contributed by atoms with Crippen LogP contribution in [0.3, 0.4) is 0 Å². The van der Waals surface area contributed by atoms with Crippen molar-refractivity contribution in [3.8, 4) is 0 Å². The Labute approximate surface area is 74.6 Å². The highest BCUT2D eigenvalue weighted by Crippen LogP contribution is 2.05. The molecule has 0 aliphatic rings. The summed E-state index contributed by atoms with van der Waals surface area (Å²) in [6, 6.07) is 0. The summed E-state index contributed by atoms with van der Waals surface area (Å²) in [5.74, 6) is 0.284. The lowest BCUT2D eigenvalue weighted by atomic mass is 10.0. The Bertz CT molecular complexity index is 167. The van der Waals surface area contributed by atoms with Gasteiger partial charge in [0.2, 0.25) is 0 Å². The Kier molecular flexibility index (Phi) is 5.64. The molecule has 0 fully saturated rings. The number of carbonyl (C=O) groups excluding carboxylic acids is 1. The zero-order chi connectivity index (χ0) is 9.56. The smallest absolute Gasteiger partial charge is 0.158 e. The van der Waals surface area contributed by atoms with Crippen molar-refractivity contribution in [3.05, 3.63) is 11.6 Å². The van der Waals surface area contributed by atoms with Crippen LogP contribution < -0.4 is 0 Å². The number of methoxy groups -OCH3 is 1. The number of hydrogen-bond acceptors (Lipinski definition) is 2. The molecule has 70 valence electrons. The molecule has 1 unspecified atom stereocenters. The minimum Gasteiger partial charge on any atom is -0.385 e. The average molecular weight is 170 g/mol. The lowest BCUT2D eigenvalue weighted by Gasteiger charge is -2.06. The van der Waals surface area contributed by atoms with Gasteiger partial charge in [-0.25, -0.2) is 0 Å². The van der Waals surface area contributed by atoms with Crippen LogP contribution in [0.25, 0.3) is 0 Å². The Morgan fingerprint density at radius 2 is 2.08 bits per heavy atom. The van der Waals surface area contributed by atoms with E-state index in [0.717, 1.165) is 12.0 Å². The van der Waals surface area contributed by atoms with Gasteiger partial charge in [0.15, 0.2) is 5.78 Å². The standard InChI is InChI=1S/C10H18O2/c1-8(2)7-10(11)9(3)5-6-12-4/h7,9H,5-6H2,1-4H3. The lowest BCUT2D eigenvalue weighted by Crippen LogP contribution is -2.10. The van der Waals surface area contributed by atoms with Crippen molar-refractivity contribution >= 4 is 5.78 Å². The zero-order valence-corrected chi connectivity index (χ0v) is 8.39. The molecule has 0 saturated heterocycles. The van der Waals surface area contributed by atoms with E-state index in [9.17, 15) is 4.79 Å². The summed E-state index contributed by atoms with van der Waals surface area (Å²) in [5, 5.41) is 0. The van der Waals surface area contributed by atoms with Crippen LogP contribution in [0.1, 0.15) is 27.2 Å². The first-order valence-electron chi connectivity index (χ1n) is 4.25. The van der Waals surface area contributed by atoms with Gasteiger partial charge in [-0.3, -0.25) is 4.79 Å². The molecule has 2 heteroatoms. The molecule has 0 heterocycles. The summed E-state index contributed by atoms with van der Waals surface area (Å²) >= 11 is 0.